The van der Waals surface area contributed by atoms with Crippen molar-refractivity contribution in [2.24, 2.45) is 10.9 Å². The number of nitrogens with two attached hydrogens (primary N) is 1. The number of benzene rings is 1. The second-order valence-corrected chi connectivity index (χ2v) is 6.91. The largest absolute Gasteiger partial charge is 0.409 e. The molecular formula is C11H11FN4OS3. The van der Waals surface area contributed by atoms with Crippen molar-refractivity contribution >= 4 is 40.7 Å². The molecule has 0 saturated carbocycles. The molecule has 0 amide bonds. The number of oxime groups is 1. The predicted molar refractivity (Wildman–Crippen MR) is 80.2 cm³/mol. The van der Waals surface area contributed by atoms with Gasteiger partial charge >= 0.3 is 0 Å². The maximum absolute atomic E-state index is 13.5. The molecular weight excluding hydrogens is 319 g/mol. The van der Waals surface area contributed by atoms with E-state index in [9.17, 15) is 4.39 Å². The van der Waals surface area contributed by atoms with E-state index >= 15 is 0 Å². The molecule has 0 fully saturated rings. The number of hydrogen-bond acceptors (Lipinski definition) is 7. The summed E-state index contributed by atoms with van der Waals surface area (Å²) in [5, 5.41) is 19.5. The first kappa shape index (κ1) is 15.1. The highest BCUT2D eigenvalue weighted by Gasteiger charge is 2.08. The minimum absolute atomic E-state index is 0.115. The normalized spacial score (nSPS) is 11.8. The Labute approximate surface area is 127 Å². The van der Waals surface area contributed by atoms with Crippen molar-refractivity contribution in [3.8, 4) is 0 Å². The van der Waals surface area contributed by atoms with Gasteiger partial charge in [0.05, 0.1) is 0 Å². The van der Waals surface area contributed by atoms with E-state index in [-0.39, 0.29) is 5.84 Å². The molecule has 0 aliphatic carbocycles. The average Bonchev–Trinajstić information content (AvgIpc) is 2.91. The van der Waals surface area contributed by atoms with Gasteiger partial charge in [0.15, 0.2) is 14.5 Å². The Bertz CT molecular complexity index is 632. The zero-order valence-corrected chi connectivity index (χ0v) is 12.9. The lowest BCUT2D eigenvalue weighted by atomic mass is 10.1. The summed E-state index contributed by atoms with van der Waals surface area (Å²) in [5.41, 5.74) is 6.55. The van der Waals surface area contributed by atoms with Crippen LogP contribution in [0.1, 0.15) is 11.1 Å². The standard InChI is InChI=1S/C11H11FN4OS3/c1-18-10-14-15-11(20-10)19-5-6-2-7(9(13)16-17)4-8(12)3-6/h2-4,17H,5H2,1H3,(H2,13,16). The van der Waals surface area contributed by atoms with E-state index in [1.54, 1.807) is 6.07 Å². The maximum atomic E-state index is 13.5. The summed E-state index contributed by atoms with van der Waals surface area (Å²) < 4.78 is 15.2. The fourth-order valence-corrected chi connectivity index (χ4v) is 3.79. The van der Waals surface area contributed by atoms with Crippen molar-refractivity contribution in [3.05, 3.63) is 35.1 Å². The Morgan fingerprint density at radius 3 is 2.80 bits per heavy atom. The minimum atomic E-state index is -0.424. The van der Waals surface area contributed by atoms with Gasteiger partial charge in [-0.25, -0.2) is 4.39 Å². The monoisotopic (exact) mass is 330 g/mol. The summed E-state index contributed by atoms with van der Waals surface area (Å²) in [6.45, 7) is 0. The van der Waals surface area contributed by atoms with Crippen LogP contribution < -0.4 is 5.73 Å². The lowest BCUT2D eigenvalue weighted by molar-refractivity contribution is 0.318. The summed E-state index contributed by atoms with van der Waals surface area (Å²) in [4.78, 5) is 0. The molecule has 1 aromatic heterocycles. The van der Waals surface area contributed by atoms with E-state index in [0.29, 0.717) is 11.3 Å². The molecule has 9 heteroatoms. The van der Waals surface area contributed by atoms with Gasteiger partial charge in [-0.1, -0.05) is 40.0 Å². The third kappa shape index (κ3) is 3.84. The fraction of sp³-hybridized carbons (Fsp3) is 0.182. The van der Waals surface area contributed by atoms with E-state index in [1.165, 1.54) is 47.0 Å². The van der Waals surface area contributed by atoms with Gasteiger partial charge in [-0.15, -0.1) is 10.2 Å². The molecule has 2 rings (SSSR count). The molecule has 0 aliphatic heterocycles. The smallest absolute Gasteiger partial charge is 0.175 e. The predicted octanol–water partition coefficient (Wildman–Crippen LogP) is 2.79. The molecule has 0 bridgehead atoms. The van der Waals surface area contributed by atoms with Crippen LogP contribution in [0.25, 0.3) is 0 Å². The van der Waals surface area contributed by atoms with Gasteiger partial charge in [0.1, 0.15) is 5.82 Å². The van der Waals surface area contributed by atoms with Crippen LogP contribution in [-0.2, 0) is 5.75 Å². The third-order valence-corrected chi connectivity index (χ3v) is 5.39. The first-order valence-electron chi connectivity index (χ1n) is 5.40. The van der Waals surface area contributed by atoms with Crippen molar-refractivity contribution in [2.45, 2.75) is 14.4 Å². The Kier molecular flexibility index (Phi) is 5.21. The minimum Gasteiger partial charge on any atom is -0.409 e. The van der Waals surface area contributed by atoms with Crippen LogP contribution in [0.15, 0.2) is 32.0 Å². The van der Waals surface area contributed by atoms with Crippen LogP contribution in [0.4, 0.5) is 4.39 Å². The van der Waals surface area contributed by atoms with E-state index < -0.39 is 5.82 Å². The highest BCUT2D eigenvalue weighted by Crippen LogP contribution is 2.29. The van der Waals surface area contributed by atoms with Crippen molar-refractivity contribution in [1.82, 2.24) is 10.2 Å². The second kappa shape index (κ2) is 6.91. The molecule has 0 aliphatic rings. The fourth-order valence-electron chi connectivity index (χ4n) is 1.42. The molecule has 5 nitrogen and oxygen atoms in total. The van der Waals surface area contributed by atoms with Gasteiger partial charge in [-0.2, -0.15) is 0 Å². The molecule has 3 N–H and O–H groups in total. The van der Waals surface area contributed by atoms with Crippen molar-refractivity contribution in [1.29, 1.82) is 0 Å². The Balaban J connectivity index is 2.11. The number of hydrogen-bond donors (Lipinski definition) is 2. The third-order valence-electron chi connectivity index (χ3n) is 2.29. The lowest BCUT2D eigenvalue weighted by Crippen LogP contribution is -2.13. The van der Waals surface area contributed by atoms with E-state index in [1.807, 2.05) is 6.26 Å². The highest BCUT2D eigenvalue weighted by atomic mass is 32.2. The Morgan fingerprint density at radius 1 is 1.40 bits per heavy atom. The van der Waals surface area contributed by atoms with Crippen LogP contribution in [0, 0.1) is 5.82 Å². The Hall–Kier alpha value is -1.32. The van der Waals surface area contributed by atoms with E-state index in [0.717, 1.165) is 14.2 Å². The van der Waals surface area contributed by atoms with E-state index in [4.69, 9.17) is 10.9 Å². The number of rotatable bonds is 5. The molecule has 0 spiro atoms. The van der Waals surface area contributed by atoms with Crippen molar-refractivity contribution in [3.63, 3.8) is 0 Å². The van der Waals surface area contributed by atoms with E-state index in [2.05, 4.69) is 15.4 Å². The summed E-state index contributed by atoms with van der Waals surface area (Å²) in [5.74, 6) is -0.00459. The SMILES string of the molecule is CSc1nnc(SCc2cc(F)cc(/C(N)=N/O)c2)s1. The van der Waals surface area contributed by atoms with Gasteiger partial charge in [-0.3, -0.25) is 0 Å². The van der Waals surface area contributed by atoms with Crippen molar-refractivity contribution < 1.29 is 9.60 Å². The summed E-state index contributed by atoms with van der Waals surface area (Å²) >= 11 is 4.50. The molecule has 0 atom stereocenters. The molecule has 2 aromatic rings. The van der Waals surface area contributed by atoms with Gasteiger partial charge in [0.25, 0.3) is 0 Å². The molecule has 1 aromatic carbocycles. The molecule has 0 saturated heterocycles. The number of thioether (sulfide) groups is 2. The number of amidine groups is 1. The zero-order valence-electron chi connectivity index (χ0n) is 10.4. The molecule has 1 heterocycles. The molecule has 106 valence electrons. The van der Waals surface area contributed by atoms with Gasteiger partial charge in [0, 0.05) is 11.3 Å². The van der Waals surface area contributed by atoms with Crippen molar-refractivity contribution in [2.75, 3.05) is 6.26 Å². The number of halogens is 1. The summed E-state index contributed by atoms with van der Waals surface area (Å²) in [6, 6.07) is 4.32. The molecule has 0 radical (unpaired) electrons. The van der Waals surface area contributed by atoms with Crippen LogP contribution in [-0.4, -0.2) is 27.5 Å². The molecule has 20 heavy (non-hydrogen) atoms. The highest BCUT2D eigenvalue weighted by molar-refractivity contribution is 8.02. The van der Waals surface area contributed by atoms with Crippen LogP contribution in [0.3, 0.4) is 0 Å². The van der Waals surface area contributed by atoms with Crippen LogP contribution in [0.5, 0.6) is 0 Å². The summed E-state index contributed by atoms with van der Waals surface area (Å²) in [6.07, 6.45) is 1.94. The van der Waals surface area contributed by atoms with Gasteiger partial charge < -0.3 is 10.9 Å². The van der Waals surface area contributed by atoms with Gasteiger partial charge in [-0.05, 0) is 30.0 Å². The lowest BCUT2D eigenvalue weighted by Gasteiger charge is -2.04. The van der Waals surface area contributed by atoms with Crippen LogP contribution >= 0.6 is 34.9 Å². The first-order chi connectivity index (χ1) is 9.62. The molecule has 0 unspecified atom stereocenters. The average molecular weight is 330 g/mol. The quantitative estimate of drug-likeness (QED) is 0.288. The Morgan fingerprint density at radius 2 is 2.15 bits per heavy atom. The second-order valence-electron chi connectivity index (χ2n) is 3.66. The first-order valence-corrected chi connectivity index (χ1v) is 8.42. The number of nitrogens with zero attached hydrogens (tertiary/aromatic N) is 3. The zero-order chi connectivity index (χ0) is 14.5. The van der Waals surface area contributed by atoms with Gasteiger partial charge in [0.2, 0.25) is 0 Å². The number of aromatic nitrogens is 2. The topological polar surface area (TPSA) is 84.4 Å². The van der Waals surface area contributed by atoms with Crippen LogP contribution in [0.2, 0.25) is 0 Å². The summed E-state index contributed by atoms with van der Waals surface area (Å²) in [7, 11) is 0. The maximum Gasteiger partial charge on any atom is 0.175 e.